The van der Waals surface area contributed by atoms with Crippen LogP contribution in [0.15, 0.2) is 18.9 Å². The third kappa shape index (κ3) is 2.37. The topological polar surface area (TPSA) is 95.7 Å². The van der Waals surface area contributed by atoms with Gasteiger partial charge in [-0.1, -0.05) is 6.08 Å². The van der Waals surface area contributed by atoms with Crippen LogP contribution in [0, 0.1) is 5.92 Å². The van der Waals surface area contributed by atoms with E-state index in [0.717, 1.165) is 0 Å². The van der Waals surface area contributed by atoms with Crippen molar-refractivity contribution in [3.05, 3.63) is 24.4 Å². The number of anilines is 1. The number of nitrogens with zero attached hydrogens (tertiary/aromatic N) is 3. The lowest BCUT2D eigenvalue weighted by molar-refractivity contribution is -0.117. The fourth-order valence-corrected chi connectivity index (χ4v) is 2.17. The van der Waals surface area contributed by atoms with E-state index in [0.29, 0.717) is 13.0 Å². The molecule has 7 nitrogen and oxygen atoms in total. The van der Waals surface area contributed by atoms with Gasteiger partial charge in [-0.05, 0) is 0 Å². The fraction of sp³-hybridized carbons (Fsp3) is 0.417. The van der Waals surface area contributed by atoms with Gasteiger partial charge >= 0.3 is 5.97 Å². The highest BCUT2D eigenvalue weighted by Gasteiger charge is 2.34. The van der Waals surface area contributed by atoms with Crippen LogP contribution < -0.4 is 4.90 Å². The van der Waals surface area contributed by atoms with Crippen LogP contribution in [-0.2, 0) is 11.3 Å². The Morgan fingerprint density at radius 3 is 2.89 bits per heavy atom. The normalized spacial score (nSPS) is 18.9. The second-order valence-electron chi connectivity index (χ2n) is 4.34. The number of aliphatic hydroxyl groups is 1. The number of carbonyl (C=O) groups excluding carboxylic acids is 1. The number of hydrogen-bond donors (Lipinski definition) is 2. The molecular weight excluding hydrogens is 250 g/mol. The molecule has 2 N–H and O–H groups in total. The lowest BCUT2D eigenvalue weighted by atomic mass is 10.1. The van der Waals surface area contributed by atoms with Crippen LogP contribution in [0.1, 0.15) is 16.8 Å². The molecule has 7 heteroatoms. The van der Waals surface area contributed by atoms with Crippen LogP contribution in [0.5, 0.6) is 0 Å². The Balaban J connectivity index is 2.41. The molecule has 1 saturated heterocycles. The summed E-state index contributed by atoms with van der Waals surface area (Å²) in [7, 11) is 0. The van der Waals surface area contributed by atoms with Gasteiger partial charge in [0.1, 0.15) is 11.4 Å². The summed E-state index contributed by atoms with van der Waals surface area (Å²) in [5.74, 6) is -1.07. The molecule has 1 aromatic rings. The highest BCUT2D eigenvalue weighted by atomic mass is 16.4. The summed E-state index contributed by atoms with van der Waals surface area (Å²) in [5.41, 5.74) is -0.0356. The Kier molecular flexibility index (Phi) is 3.66. The van der Waals surface area contributed by atoms with Crippen LogP contribution in [-0.4, -0.2) is 45.0 Å². The van der Waals surface area contributed by atoms with E-state index in [1.54, 1.807) is 6.08 Å². The Labute approximate surface area is 109 Å². The monoisotopic (exact) mass is 265 g/mol. The maximum atomic E-state index is 12.0. The van der Waals surface area contributed by atoms with E-state index in [2.05, 4.69) is 11.7 Å². The van der Waals surface area contributed by atoms with Gasteiger partial charge in [0.05, 0.1) is 19.3 Å². The van der Waals surface area contributed by atoms with Crippen LogP contribution in [0.25, 0.3) is 0 Å². The number of rotatable bonds is 5. The van der Waals surface area contributed by atoms with Gasteiger partial charge in [0.25, 0.3) is 0 Å². The van der Waals surface area contributed by atoms with E-state index >= 15 is 0 Å². The summed E-state index contributed by atoms with van der Waals surface area (Å²) in [6.45, 7) is 4.00. The first kappa shape index (κ1) is 13.3. The third-order valence-corrected chi connectivity index (χ3v) is 3.10. The summed E-state index contributed by atoms with van der Waals surface area (Å²) >= 11 is 0. The van der Waals surface area contributed by atoms with Crippen molar-refractivity contribution in [2.24, 2.45) is 5.92 Å². The minimum atomic E-state index is -1.14. The molecule has 0 saturated carbocycles. The Morgan fingerprint density at radius 2 is 2.37 bits per heavy atom. The average molecular weight is 265 g/mol. The largest absolute Gasteiger partial charge is 0.477 e. The molecule has 0 bridgehead atoms. The van der Waals surface area contributed by atoms with Crippen molar-refractivity contribution < 1.29 is 19.8 Å². The third-order valence-electron chi connectivity index (χ3n) is 3.10. The number of aliphatic hydroxyl groups excluding tert-OH is 1. The van der Waals surface area contributed by atoms with Crippen LogP contribution in [0.4, 0.5) is 5.82 Å². The number of amides is 1. The standard InChI is InChI=1S/C12H15N3O4/c1-2-8-5-10(17)14(7-8)11-9(12(18)19)6-13-15(11)3-4-16/h2,6,8,16H,1,3-5,7H2,(H,18,19). The first-order valence-corrected chi connectivity index (χ1v) is 5.91. The van der Waals surface area contributed by atoms with Crippen molar-refractivity contribution in [1.29, 1.82) is 0 Å². The zero-order valence-corrected chi connectivity index (χ0v) is 10.3. The lowest BCUT2D eigenvalue weighted by Gasteiger charge is -2.18. The van der Waals surface area contributed by atoms with Gasteiger partial charge in [-0.2, -0.15) is 5.10 Å². The minimum absolute atomic E-state index is 0.00613. The summed E-state index contributed by atoms with van der Waals surface area (Å²) < 4.78 is 1.34. The molecule has 19 heavy (non-hydrogen) atoms. The van der Waals surface area contributed by atoms with Gasteiger partial charge in [-0.25, -0.2) is 9.48 Å². The van der Waals surface area contributed by atoms with Crippen LogP contribution >= 0.6 is 0 Å². The summed E-state index contributed by atoms with van der Waals surface area (Å²) in [5, 5.41) is 22.0. The van der Waals surface area contributed by atoms with E-state index in [1.165, 1.54) is 15.8 Å². The Hall–Kier alpha value is -2.15. The molecule has 2 rings (SSSR count). The molecule has 1 fully saturated rings. The van der Waals surface area contributed by atoms with Gasteiger partial charge in [0, 0.05) is 18.9 Å². The van der Waals surface area contributed by atoms with Gasteiger partial charge in [0.2, 0.25) is 5.91 Å². The summed E-state index contributed by atoms with van der Waals surface area (Å²) in [6, 6.07) is 0. The van der Waals surface area contributed by atoms with Crippen LogP contribution in [0.2, 0.25) is 0 Å². The smallest absolute Gasteiger partial charge is 0.341 e. The van der Waals surface area contributed by atoms with Crippen molar-refractivity contribution >= 4 is 17.7 Å². The Bertz CT molecular complexity index is 523. The van der Waals surface area contributed by atoms with Gasteiger partial charge in [-0.15, -0.1) is 6.58 Å². The number of carboxylic acid groups (broad SMARTS) is 1. The van der Waals surface area contributed by atoms with Crippen molar-refractivity contribution in [3.63, 3.8) is 0 Å². The molecular formula is C12H15N3O4. The molecule has 0 spiro atoms. The minimum Gasteiger partial charge on any atom is -0.477 e. The Morgan fingerprint density at radius 1 is 1.63 bits per heavy atom. The first-order valence-electron chi connectivity index (χ1n) is 5.91. The van der Waals surface area contributed by atoms with E-state index < -0.39 is 5.97 Å². The molecule has 102 valence electrons. The second kappa shape index (κ2) is 5.23. The summed E-state index contributed by atoms with van der Waals surface area (Å²) in [6.07, 6.45) is 3.19. The maximum absolute atomic E-state index is 12.0. The molecule has 2 heterocycles. The van der Waals surface area contributed by atoms with E-state index in [1.807, 2.05) is 0 Å². The highest BCUT2D eigenvalue weighted by Crippen LogP contribution is 2.28. The van der Waals surface area contributed by atoms with Crippen molar-refractivity contribution in [3.8, 4) is 0 Å². The molecule has 0 aliphatic carbocycles. The fourth-order valence-electron chi connectivity index (χ4n) is 2.17. The van der Waals surface area contributed by atoms with E-state index in [4.69, 9.17) is 10.2 Å². The average Bonchev–Trinajstić information content (AvgIpc) is 2.93. The van der Waals surface area contributed by atoms with E-state index in [-0.39, 0.29) is 36.4 Å². The predicted molar refractivity (Wildman–Crippen MR) is 66.9 cm³/mol. The number of aromatic carboxylic acids is 1. The van der Waals surface area contributed by atoms with Gasteiger partial charge < -0.3 is 10.2 Å². The molecule has 1 unspecified atom stereocenters. The van der Waals surface area contributed by atoms with Crippen molar-refractivity contribution in [1.82, 2.24) is 9.78 Å². The molecule has 1 amide bonds. The maximum Gasteiger partial charge on any atom is 0.341 e. The van der Waals surface area contributed by atoms with Crippen LogP contribution in [0.3, 0.4) is 0 Å². The zero-order valence-electron chi connectivity index (χ0n) is 10.3. The van der Waals surface area contributed by atoms with Crippen molar-refractivity contribution in [2.75, 3.05) is 18.1 Å². The number of carbonyl (C=O) groups is 2. The highest BCUT2D eigenvalue weighted by molar-refractivity contribution is 6.02. The predicted octanol–water partition coefficient (Wildman–Crippen LogP) is 0.113. The number of carboxylic acids is 1. The molecule has 1 aliphatic heterocycles. The molecule has 1 aliphatic rings. The first-order chi connectivity index (χ1) is 9.08. The molecule has 0 radical (unpaired) electrons. The van der Waals surface area contributed by atoms with Crippen molar-refractivity contribution in [2.45, 2.75) is 13.0 Å². The zero-order chi connectivity index (χ0) is 14.0. The SMILES string of the molecule is C=CC1CC(=O)N(c2c(C(=O)O)cnn2CCO)C1. The second-order valence-corrected chi connectivity index (χ2v) is 4.34. The van der Waals surface area contributed by atoms with Gasteiger partial charge in [0.15, 0.2) is 0 Å². The molecule has 1 aromatic heterocycles. The molecule has 0 aromatic carbocycles. The lowest BCUT2D eigenvalue weighted by Crippen LogP contribution is -2.29. The van der Waals surface area contributed by atoms with Gasteiger partial charge in [-0.3, -0.25) is 9.69 Å². The summed E-state index contributed by atoms with van der Waals surface area (Å²) in [4.78, 5) is 24.5. The number of hydrogen-bond acceptors (Lipinski definition) is 4. The molecule has 1 atom stereocenters. The van der Waals surface area contributed by atoms with E-state index in [9.17, 15) is 9.59 Å². The number of aromatic nitrogens is 2. The quantitative estimate of drug-likeness (QED) is 0.737.